The molecule has 21 heavy (non-hydrogen) atoms. The summed E-state index contributed by atoms with van der Waals surface area (Å²) < 4.78 is 5.50. The summed E-state index contributed by atoms with van der Waals surface area (Å²) in [5.41, 5.74) is 11.0. The quantitative estimate of drug-likeness (QED) is 0.159. The molecule has 0 spiro atoms. The summed E-state index contributed by atoms with van der Waals surface area (Å²) in [6.07, 6.45) is 2.57. The number of rotatable bonds is 7. The summed E-state index contributed by atoms with van der Waals surface area (Å²) in [4.78, 5) is 10.9. The van der Waals surface area contributed by atoms with Gasteiger partial charge in [-0.3, -0.25) is 4.79 Å². The summed E-state index contributed by atoms with van der Waals surface area (Å²) >= 11 is 0. The summed E-state index contributed by atoms with van der Waals surface area (Å²) in [7, 11) is -1.79. The van der Waals surface area contributed by atoms with Gasteiger partial charge in [-0.2, -0.15) is 5.10 Å². The summed E-state index contributed by atoms with van der Waals surface area (Å²) in [5, 5.41) is 25.9. The Labute approximate surface area is 122 Å². The largest absolute Gasteiger partial charge is 0.493 e. The number of nitrogens with two attached hydrogens (primary N) is 2. The molecule has 0 atom stereocenters. The van der Waals surface area contributed by atoms with Gasteiger partial charge in [0, 0.05) is 16.6 Å². The number of carbonyl (C=O) groups excluding carboxylic acids is 1. The summed E-state index contributed by atoms with van der Waals surface area (Å²) in [5.74, 6) is -0.0109. The van der Waals surface area contributed by atoms with Gasteiger partial charge in [0.25, 0.3) is 0 Å². The van der Waals surface area contributed by atoms with Gasteiger partial charge in [0.2, 0.25) is 5.96 Å². The molecule has 0 heterocycles. The molecule has 0 aliphatic heterocycles. The summed E-state index contributed by atoms with van der Waals surface area (Å²) in [6, 6.07) is 2.82. The predicted octanol–water partition coefficient (Wildman–Crippen LogP) is -1.42. The first-order valence-electron chi connectivity index (χ1n) is 6.23. The van der Waals surface area contributed by atoms with Crippen molar-refractivity contribution in [1.82, 2.24) is 0 Å². The fourth-order valence-corrected chi connectivity index (χ4v) is 1.58. The molecule has 0 aliphatic carbocycles. The van der Waals surface area contributed by atoms with E-state index in [9.17, 15) is 14.8 Å². The number of nitrogens with zero attached hydrogens (tertiary/aromatic N) is 2. The summed E-state index contributed by atoms with van der Waals surface area (Å²) in [6.45, 7) is 2.27. The van der Waals surface area contributed by atoms with Crippen LogP contribution in [0.4, 0.5) is 0 Å². The molecule has 0 fully saturated rings. The van der Waals surface area contributed by atoms with Gasteiger partial charge in [0.15, 0.2) is 0 Å². The van der Waals surface area contributed by atoms with Crippen molar-refractivity contribution in [1.29, 1.82) is 0 Å². The number of carbonyl (C=O) groups is 1. The number of ether oxygens (including phenoxy) is 1. The third-order valence-electron chi connectivity index (χ3n) is 2.40. The molecule has 9 heteroatoms. The van der Waals surface area contributed by atoms with E-state index in [2.05, 4.69) is 10.2 Å². The van der Waals surface area contributed by atoms with Crippen LogP contribution in [-0.2, 0) is 0 Å². The number of aldehydes is 1. The average Bonchev–Trinajstić information content (AvgIpc) is 2.44. The molecule has 1 rings (SSSR count). The fourth-order valence-electron chi connectivity index (χ4n) is 1.58. The van der Waals surface area contributed by atoms with Crippen LogP contribution in [-0.4, -0.2) is 42.2 Å². The first kappa shape index (κ1) is 16.7. The monoisotopic (exact) mass is 292 g/mol. The Kier molecular flexibility index (Phi) is 6.37. The zero-order valence-corrected chi connectivity index (χ0v) is 11.6. The van der Waals surface area contributed by atoms with E-state index in [1.54, 1.807) is 0 Å². The first-order chi connectivity index (χ1) is 9.99. The standard InChI is InChI=1S/C12H17BN4O4/c1-2-3-21-11-9(6-16-17-12(14)15)4-8(7-18)5-10(11)13(19)20/h4-7,19-20H,2-3H2,1H3,(H4,14,15,17). The maximum absolute atomic E-state index is 10.9. The highest BCUT2D eigenvalue weighted by Crippen LogP contribution is 2.17. The Morgan fingerprint density at radius 1 is 1.43 bits per heavy atom. The molecule has 0 aromatic heterocycles. The van der Waals surface area contributed by atoms with Gasteiger partial charge in [-0.1, -0.05) is 6.92 Å². The van der Waals surface area contributed by atoms with Crippen LogP contribution in [0, 0.1) is 0 Å². The Hall–Kier alpha value is -2.39. The van der Waals surface area contributed by atoms with Crippen molar-refractivity contribution >= 4 is 31.0 Å². The minimum atomic E-state index is -1.79. The van der Waals surface area contributed by atoms with E-state index in [1.807, 2.05) is 6.92 Å². The van der Waals surface area contributed by atoms with E-state index >= 15 is 0 Å². The van der Waals surface area contributed by atoms with Crippen molar-refractivity contribution < 1.29 is 19.6 Å². The Morgan fingerprint density at radius 2 is 2.14 bits per heavy atom. The van der Waals surface area contributed by atoms with Crippen LogP contribution in [0.1, 0.15) is 29.3 Å². The van der Waals surface area contributed by atoms with Gasteiger partial charge < -0.3 is 26.3 Å². The lowest BCUT2D eigenvalue weighted by atomic mass is 9.77. The van der Waals surface area contributed by atoms with E-state index in [1.165, 1.54) is 18.3 Å². The third-order valence-corrected chi connectivity index (χ3v) is 2.40. The van der Waals surface area contributed by atoms with E-state index in [0.29, 0.717) is 18.5 Å². The third kappa shape index (κ3) is 4.90. The van der Waals surface area contributed by atoms with E-state index < -0.39 is 7.12 Å². The highest BCUT2D eigenvalue weighted by Gasteiger charge is 2.21. The van der Waals surface area contributed by atoms with Gasteiger partial charge in [-0.15, -0.1) is 5.10 Å². The van der Waals surface area contributed by atoms with Crippen molar-refractivity contribution in [3.05, 3.63) is 23.3 Å². The Morgan fingerprint density at radius 3 is 2.67 bits per heavy atom. The SMILES string of the molecule is CCCOc1c(C=NN=C(N)N)cc(C=O)cc1B(O)O. The van der Waals surface area contributed by atoms with Gasteiger partial charge in [0.05, 0.1) is 12.8 Å². The molecule has 0 aliphatic rings. The zero-order chi connectivity index (χ0) is 15.8. The maximum atomic E-state index is 10.9. The average molecular weight is 292 g/mol. The second-order valence-corrected chi connectivity index (χ2v) is 4.14. The lowest BCUT2D eigenvalue weighted by Gasteiger charge is -2.14. The van der Waals surface area contributed by atoms with Gasteiger partial charge in [0.1, 0.15) is 12.0 Å². The normalized spacial score (nSPS) is 10.4. The van der Waals surface area contributed by atoms with Crippen LogP contribution >= 0.6 is 0 Å². The predicted molar refractivity (Wildman–Crippen MR) is 80.8 cm³/mol. The minimum Gasteiger partial charge on any atom is -0.493 e. The van der Waals surface area contributed by atoms with Crippen LogP contribution in [0.3, 0.4) is 0 Å². The molecule has 0 saturated heterocycles. The van der Waals surface area contributed by atoms with Crippen molar-refractivity contribution in [2.75, 3.05) is 6.61 Å². The van der Waals surface area contributed by atoms with Gasteiger partial charge in [-0.05, 0) is 18.6 Å². The van der Waals surface area contributed by atoms with Crippen LogP contribution < -0.4 is 21.7 Å². The first-order valence-corrected chi connectivity index (χ1v) is 6.23. The van der Waals surface area contributed by atoms with Crippen LogP contribution in [0.15, 0.2) is 22.3 Å². The molecule has 1 aromatic carbocycles. The number of benzene rings is 1. The number of hydrogen-bond acceptors (Lipinski definition) is 6. The van der Waals surface area contributed by atoms with E-state index in [-0.39, 0.29) is 22.7 Å². The van der Waals surface area contributed by atoms with Gasteiger partial charge >= 0.3 is 7.12 Å². The van der Waals surface area contributed by atoms with E-state index in [4.69, 9.17) is 16.2 Å². The molecule has 1 aromatic rings. The molecular formula is C12H17BN4O4. The van der Waals surface area contributed by atoms with Crippen LogP contribution in [0.25, 0.3) is 0 Å². The Bertz CT molecular complexity index is 556. The molecule has 0 radical (unpaired) electrons. The van der Waals surface area contributed by atoms with E-state index in [0.717, 1.165) is 6.42 Å². The van der Waals surface area contributed by atoms with Crippen molar-refractivity contribution in [3.63, 3.8) is 0 Å². The minimum absolute atomic E-state index is 0.0687. The zero-order valence-electron chi connectivity index (χ0n) is 11.6. The van der Waals surface area contributed by atoms with Crippen LogP contribution in [0.2, 0.25) is 0 Å². The molecule has 0 unspecified atom stereocenters. The van der Waals surface area contributed by atoms with Crippen molar-refractivity contribution in [2.24, 2.45) is 21.7 Å². The molecule has 112 valence electrons. The highest BCUT2D eigenvalue weighted by molar-refractivity contribution is 6.60. The van der Waals surface area contributed by atoms with Crippen molar-refractivity contribution in [2.45, 2.75) is 13.3 Å². The lowest BCUT2D eigenvalue weighted by molar-refractivity contribution is 0.112. The van der Waals surface area contributed by atoms with Crippen molar-refractivity contribution in [3.8, 4) is 5.75 Å². The molecule has 8 nitrogen and oxygen atoms in total. The van der Waals surface area contributed by atoms with Gasteiger partial charge in [-0.25, -0.2) is 0 Å². The molecule has 0 saturated carbocycles. The molecule has 0 amide bonds. The number of hydrogen-bond donors (Lipinski definition) is 4. The second kappa shape index (κ2) is 8.03. The van der Waals surface area contributed by atoms with Crippen LogP contribution in [0.5, 0.6) is 5.75 Å². The number of guanidine groups is 1. The lowest BCUT2D eigenvalue weighted by Crippen LogP contribution is -2.33. The topological polar surface area (TPSA) is 144 Å². The smallest absolute Gasteiger partial charge is 0.492 e. The molecule has 0 bridgehead atoms. The maximum Gasteiger partial charge on any atom is 0.492 e. The molecular weight excluding hydrogens is 275 g/mol. The second-order valence-electron chi connectivity index (χ2n) is 4.14. The fraction of sp³-hybridized carbons (Fsp3) is 0.250. The highest BCUT2D eigenvalue weighted by atomic mass is 16.5. The molecule has 6 N–H and O–H groups in total. The Balaban J connectivity index is 3.34.